The summed E-state index contributed by atoms with van der Waals surface area (Å²) in [5.41, 5.74) is 1.03. The highest BCUT2D eigenvalue weighted by Crippen LogP contribution is 2.34. The summed E-state index contributed by atoms with van der Waals surface area (Å²) in [6.45, 7) is 12.3. The van der Waals surface area contributed by atoms with E-state index in [2.05, 4.69) is 31.0 Å². The van der Waals surface area contributed by atoms with Crippen LogP contribution < -0.4 is 5.32 Å². The van der Waals surface area contributed by atoms with Crippen LogP contribution in [0.15, 0.2) is 0 Å². The fraction of sp³-hybridized carbons (Fsp3) is 1.00. The smallest absolute Gasteiger partial charge is 0.0280 e. The minimum atomic E-state index is 0.403. The summed E-state index contributed by atoms with van der Waals surface area (Å²) in [5.74, 6) is 0. The second-order valence-electron chi connectivity index (χ2n) is 6.53. The molecule has 2 heterocycles. The molecule has 0 bridgehead atoms. The Morgan fingerprint density at radius 2 is 1.81 bits per heavy atom. The third-order valence-corrected chi connectivity index (χ3v) is 4.95. The van der Waals surface area contributed by atoms with Crippen molar-refractivity contribution in [3.8, 4) is 0 Å². The Bertz CT molecular complexity index is 223. The van der Waals surface area contributed by atoms with E-state index in [0.717, 1.165) is 0 Å². The van der Waals surface area contributed by atoms with E-state index in [1.165, 1.54) is 58.3 Å². The summed E-state index contributed by atoms with van der Waals surface area (Å²) in [7, 11) is 0. The zero-order valence-electron chi connectivity index (χ0n) is 11.3. The monoisotopic (exact) mass is 224 g/mol. The first-order valence-electron chi connectivity index (χ1n) is 7.03. The van der Waals surface area contributed by atoms with Gasteiger partial charge in [-0.05, 0) is 57.7 Å². The van der Waals surface area contributed by atoms with Gasteiger partial charge in [0.05, 0.1) is 0 Å². The zero-order chi connectivity index (χ0) is 11.6. The van der Waals surface area contributed by atoms with Crippen molar-refractivity contribution < 1.29 is 0 Å². The van der Waals surface area contributed by atoms with Crippen LogP contribution in [0.5, 0.6) is 0 Å². The quantitative estimate of drug-likeness (QED) is 0.793. The number of hydrogen-bond acceptors (Lipinski definition) is 2. The lowest BCUT2D eigenvalue weighted by atomic mass is 9.78. The molecule has 0 saturated carbocycles. The summed E-state index contributed by atoms with van der Waals surface area (Å²) in [4.78, 5) is 2.68. The molecule has 2 fully saturated rings. The highest BCUT2D eigenvalue weighted by atomic mass is 15.2. The van der Waals surface area contributed by atoms with Crippen molar-refractivity contribution in [2.75, 3.05) is 26.2 Å². The van der Waals surface area contributed by atoms with Crippen LogP contribution in [0.1, 0.15) is 52.9 Å². The second kappa shape index (κ2) is 4.66. The molecule has 0 aromatic carbocycles. The van der Waals surface area contributed by atoms with E-state index in [1.807, 2.05) is 0 Å². The molecule has 0 aromatic heterocycles. The van der Waals surface area contributed by atoms with Gasteiger partial charge in [0.25, 0.3) is 0 Å². The van der Waals surface area contributed by atoms with Crippen molar-refractivity contribution in [1.29, 1.82) is 0 Å². The van der Waals surface area contributed by atoms with E-state index in [4.69, 9.17) is 0 Å². The van der Waals surface area contributed by atoms with Crippen molar-refractivity contribution in [2.45, 2.75) is 58.4 Å². The number of piperidine rings is 1. The lowest BCUT2D eigenvalue weighted by Crippen LogP contribution is -2.50. The first-order valence-corrected chi connectivity index (χ1v) is 7.03. The molecule has 1 N–H and O–H groups in total. The number of nitrogens with one attached hydrogen (secondary N) is 1. The Balaban J connectivity index is 1.81. The van der Waals surface area contributed by atoms with Crippen LogP contribution in [-0.2, 0) is 0 Å². The molecule has 2 saturated heterocycles. The summed E-state index contributed by atoms with van der Waals surface area (Å²) < 4.78 is 0. The van der Waals surface area contributed by atoms with E-state index in [0.29, 0.717) is 11.0 Å². The van der Waals surface area contributed by atoms with Gasteiger partial charge in [-0.1, -0.05) is 20.3 Å². The van der Waals surface area contributed by atoms with Gasteiger partial charge >= 0.3 is 0 Å². The van der Waals surface area contributed by atoms with E-state index >= 15 is 0 Å². The van der Waals surface area contributed by atoms with Crippen LogP contribution in [0.4, 0.5) is 0 Å². The molecule has 0 radical (unpaired) electrons. The SMILES string of the molecule is CCC1(C)CCN(CC2(C)CCCN2)CC1. The summed E-state index contributed by atoms with van der Waals surface area (Å²) in [5, 5.41) is 3.67. The fourth-order valence-corrected chi connectivity index (χ4v) is 3.19. The van der Waals surface area contributed by atoms with Crippen LogP contribution >= 0.6 is 0 Å². The molecular weight excluding hydrogens is 196 g/mol. The molecule has 2 aliphatic rings. The van der Waals surface area contributed by atoms with Crippen LogP contribution in [0, 0.1) is 5.41 Å². The van der Waals surface area contributed by atoms with Gasteiger partial charge in [0.1, 0.15) is 0 Å². The third kappa shape index (κ3) is 2.78. The van der Waals surface area contributed by atoms with Gasteiger partial charge in [-0.15, -0.1) is 0 Å². The van der Waals surface area contributed by atoms with Crippen molar-refractivity contribution in [1.82, 2.24) is 10.2 Å². The molecule has 2 rings (SSSR count). The molecule has 0 aromatic rings. The minimum Gasteiger partial charge on any atom is -0.310 e. The van der Waals surface area contributed by atoms with E-state index in [-0.39, 0.29) is 0 Å². The molecular formula is C14H28N2. The Hall–Kier alpha value is -0.0800. The molecule has 0 aliphatic carbocycles. The summed E-state index contributed by atoms with van der Waals surface area (Å²) in [6.07, 6.45) is 6.83. The fourth-order valence-electron chi connectivity index (χ4n) is 3.19. The predicted octanol–water partition coefficient (Wildman–Crippen LogP) is 2.64. The normalized spacial score (nSPS) is 35.4. The number of likely N-dealkylation sites (tertiary alicyclic amines) is 1. The molecule has 0 spiro atoms. The average Bonchev–Trinajstić information content (AvgIpc) is 2.69. The molecule has 1 atom stereocenters. The van der Waals surface area contributed by atoms with Gasteiger partial charge in [-0.25, -0.2) is 0 Å². The second-order valence-corrected chi connectivity index (χ2v) is 6.53. The minimum absolute atomic E-state index is 0.403. The maximum absolute atomic E-state index is 3.67. The maximum atomic E-state index is 3.67. The predicted molar refractivity (Wildman–Crippen MR) is 69.7 cm³/mol. The van der Waals surface area contributed by atoms with Crippen LogP contribution in [0.2, 0.25) is 0 Å². The van der Waals surface area contributed by atoms with Crippen LogP contribution in [0.25, 0.3) is 0 Å². The van der Waals surface area contributed by atoms with Crippen molar-refractivity contribution in [3.05, 3.63) is 0 Å². The number of hydrogen-bond donors (Lipinski definition) is 1. The van der Waals surface area contributed by atoms with Crippen LogP contribution in [0.3, 0.4) is 0 Å². The lowest BCUT2D eigenvalue weighted by molar-refractivity contribution is 0.0936. The Kier molecular flexibility index (Phi) is 3.60. The molecule has 0 amide bonds. The summed E-state index contributed by atoms with van der Waals surface area (Å²) >= 11 is 0. The van der Waals surface area contributed by atoms with Crippen LogP contribution in [-0.4, -0.2) is 36.6 Å². The number of rotatable bonds is 3. The van der Waals surface area contributed by atoms with Crippen molar-refractivity contribution in [3.63, 3.8) is 0 Å². The summed E-state index contributed by atoms with van der Waals surface area (Å²) in [6, 6.07) is 0. The van der Waals surface area contributed by atoms with Gasteiger partial charge < -0.3 is 10.2 Å². The Morgan fingerprint density at radius 1 is 1.12 bits per heavy atom. The Labute approximate surface area is 101 Å². The lowest BCUT2D eigenvalue weighted by Gasteiger charge is -2.42. The molecule has 94 valence electrons. The highest BCUT2D eigenvalue weighted by Gasteiger charge is 2.34. The van der Waals surface area contributed by atoms with Gasteiger partial charge in [0.2, 0.25) is 0 Å². The third-order valence-electron chi connectivity index (χ3n) is 4.95. The largest absolute Gasteiger partial charge is 0.310 e. The van der Waals surface area contributed by atoms with Crippen molar-refractivity contribution in [2.24, 2.45) is 5.41 Å². The van der Waals surface area contributed by atoms with Crippen molar-refractivity contribution >= 4 is 0 Å². The first-order chi connectivity index (χ1) is 7.55. The standard InChI is InChI=1S/C14H28N2/c1-4-13(2)7-10-16(11-8-13)12-14(3)6-5-9-15-14/h15H,4-12H2,1-3H3. The molecule has 2 heteroatoms. The van der Waals surface area contributed by atoms with E-state index in [1.54, 1.807) is 0 Å². The maximum Gasteiger partial charge on any atom is 0.0280 e. The zero-order valence-corrected chi connectivity index (χ0v) is 11.3. The topological polar surface area (TPSA) is 15.3 Å². The molecule has 16 heavy (non-hydrogen) atoms. The van der Waals surface area contributed by atoms with Gasteiger partial charge in [-0.3, -0.25) is 0 Å². The average molecular weight is 224 g/mol. The number of nitrogens with zero attached hydrogens (tertiary/aromatic N) is 1. The van der Waals surface area contributed by atoms with E-state index < -0.39 is 0 Å². The molecule has 1 unspecified atom stereocenters. The Morgan fingerprint density at radius 3 is 2.31 bits per heavy atom. The highest BCUT2D eigenvalue weighted by molar-refractivity contribution is 4.93. The van der Waals surface area contributed by atoms with Gasteiger partial charge in [0.15, 0.2) is 0 Å². The molecule has 2 aliphatic heterocycles. The van der Waals surface area contributed by atoms with Gasteiger partial charge in [0, 0.05) is 12.1 Å². The van der Waals surface area contributed by atoms with E-state index in [9.17, 15) is 0 Å². The molecule has 2 nitrogen and oxygen atoms in total. The van der Waals surface area contributed by atoms with Gasteiger partial charge in [-0.2, -0.15) is 0 Å². The first kappa shape index (κ1) is 12.4.